The molecule has 0 spiro atoms. The zero-order valence-corrected chi connectivity index (χ0v) is 33.2. The fourth-order valence-electron chi connectivity index (χ4n) is 12.0. The minimum atomic E-state index is 0.0394. The van der Waals surface area contributed by atoms with Crippen LogP contribution in [0.4, 0.5) is 34.1 Å². The molecule has 0 radical (unpaired) electrons. The van der Waals surface area contributed by atoms with Gasteiger partial charge in [-0.25, -0.2) is 0 Å². The summed E-state index contributed by atoms with van der Waals surface area (Å²) in [6.07, 6.45) is 8.56. The smallest absolute Gasteiger partial charge is 0.252 e. The highest BCUT2D eigenvalue weighted by molar-refractivity contribution is 7.00. The minimum absolute atomic E-state index is 0.0394. The van der Waals surface area contributed by atoms with Gasteiger partial charge >= 0.3 is 0 Å². The summed E-state index contributed by atoms with van der Waals surface area (Å²) in [7, 11) is 0. The molecule has 0 N–H and O–H groups in total. The average molecular weight is 695 g/mol. The molecule has 5 aromatic rings. The number of hydrogen-bond acceptors (Lipinski definition) is 2. The summed E-state index contributed by atoms with van der Waals surface area (Å²) in [5.74, 6) is 2.75. The van der Waals surface area contributed by atoms with E-state index in [1.54, 1.807) is 5.56 Å². The van der Waals surface area contributed by atoms with Crippen molar-refractivity contribution in [2.45, 2.75) is 110 Å². The van der Waals surface area contributed by atoms with E-state index in [9.17, 15) is 0 Å². The maximum atomic E-state index is 2.73. The Morgan fingerprint density at radius 1 is 0.528 bits per heavy atom. The summed E-state index contributed by atoms with van der Waals surface area (Å²) in [4.78, 5) is 5.17. The average Bonchev–Trinajstić information content (AvgIpc) is 3.09. The van der Waals surface area contributed by atoms with Crippen LogP contribution in [0.25, 0.3) is 0 Å². The molecule has 0 amide bonds. The van der Waals surface area contributed by atoms with Gasteiger partial charge in [0.15, 0.2) is 0 Å². The Bertz CT molecular complexity index is 2230. The zero-order chi connectivity index (χ0) is 36.6. The second kappa shape index (κ2) is 11.4. The highest BCUT2D eigenvalue weighted by Crippen LogP contribution is 2.61. The predicted octanol–water partition coefficient (Wildman–Crippen LogP) is 11.4. The molecule has 4 saturated carbocycles. The molecule has 11 rings (SSSR count). The third kappa shape index (κ3) is 5.20. The number of benzene rings is 5. The Morgan fingerprint density at radius 3 is 1.60 bits per heavy atom. The van der Waals surface area contributed by atoms with E-state index in [-0.39, 0.29) is 17.5 Å². The van der Waals surface area contributed by atoms with Crippen LogP contribution in [0.1, 0.15) is 108 Å². The largest absolute Gasteiger partial charge is 0.311 e. The molecule has 4 bridgehead atoms. The van der Waals surface area contributed by atoms with E-state index in [2.05, 4.69) is 162 Å². The van der Waals surface area contributed by atoms with Gasteiger partial charge < -0.3 is 9.80 Å². The van der Waals surface area contributed by atoms with Gasteiger partial charge in [-0.2, -0.15) is 0 Å². The van der Waals surface area contributed by atoms with Crippen LogP contribution in [0, 0.1) is 31.6 Å². The van der Waals surface area contributed by atoms with Crippen molar-refractivity contribution in [2.24, 2.45) is 17.8 Å². The summed E-state index contributed by atoms with van der Waals surface area (Å²) in [6.45, 7) is 18.6. The maximum absolute atomic E-state index is 2.73. The lowest BCUT2D eigenvalue weighted by Crippen LogP contribution is -2.62. The summed E-state index contributed by atoms with van der Waals surface area (Å²) < 4.78 is 0. The first-order valence-electron chi connectivity index (χ1n) is 20.5. The number of anilines is 6. The van der Waals surface area contributed by atoms with Crippen molar-refractivity contribution in [3.05, 3.63) is 125 Å². The van der Waals surface area contributed by atoms with E-state index < -0.39 is 0 Å². The molecule has 2 heterocycles. The van der Waals surface area contributed by atoms with Gasteiger partial charge in [0.05, 0.1) is 0 Å². The molecule has 2 nitrogen and oxygen atoms in total. The molecule has 53 heavy (non-hydrogen) atoms. The molecule has 3 heteroatoms. The molecular weight excluding hydrogens is 639 g/mol. The van der Waals surface area contributed by atoms with Gasteiger partial charge in [0.25, 0.3) is 6.71 Å². The lowest BCUT2D eigenvalue weighted by Gasteiger charge is -2.57. The van der Waals surface area contributed by atoms with E-state index in [1.807, 2.05) is 0 Å². The maximum Gasteiger partial charge on any atom is 0.252 e. The van der Waals surface area contributed by atoms with Crippen molar-refractivity contribution in [1.29, 1.82) is 0 Å². The van der Waals surface area contributed by atoms with Crippen LogP contribution in [0.3, 0.4) is 0 Å². The summed E-state index contributed by atoms with van der Waals surface area (Å²) >= 11 is 0. The molecule has 0 unspecified atom stereocenters. The molecule has 6 aliphatic rings. The van der Waals surface area contributed by atoms with Gasteiger partial charge in [-0.15, -0.1) is 0 Å². The lowest BCUT2D eigenvalue weighted by atomic mass is 9.33. The zero-order valence-electron chi connectivity index (χ0n) is 33.2. The molecule has 5 aromatic carbocycles. The van der Waals surface area contributed by atoms with Crippen LogP contribution < -0.4 is 26.2 Å². The number of nitrogens with zero attached hydrogens (tertiary/aromatic N) is 2. The number of aryl methyl sites for hydroxylation is 2. The number of hydrogen-bond donors (Lipinski definition) is 0. The predicted molar refractivity (Wildman–Crippen MR) is 227 cm³/mol. The summed E-state index contributed by atoms with van der Waals surface area (Å²) in [6, 6.07) is 38.8. The van der Waals surface area contributed by atoms with Crippen molar-refractivity contribution < 1.29 is 0 Å². The van der Waals surface area contributed by atoms with Gasteiger partial charge in [0, 0.05) is 34.1 Å². The lowest BCUT2D eigenvalue weighted by molar-refractivity contribution is -0.00515. The van der Waals surface area contributed by atoms with Crippen LogP contribution in [-0.2, 0) is 16.2 Å². The monoisotopic (exact) mass is 694 g/mol. The highest BCUT2D eigenvalue weighted by atomic mass is 15.2. The van der Waals surface area contributed by atoms with Crippen molar-refractivity contribution in [2.75, 3.05) is 9.80 Å². The van der Waals surface area contributed by atoms with Crippen molar-refractivity contribution in [3.63, 3.8) is 0 Å². The second-order valence-electron chi connectivity index (χ2n) is 20.0. The summed E-state index contributed by atoms with van der Waals surface area (Å²) in [5, 5.41) is 0. The third-order valence-corrected chi connectivity index (χ3v) is 14.0. The molecular formula is C50H55BN2. The summed E-state index contributed by atoms with van der Waals surface area (Å²) in [5.41, 5.74) is 19.5. The van der Waals surface area contributed by atoms with E-state index in [4.69, 9.17) is 0 Å². The Kier molecular flexibility index (Phi) is 7.17. The minimum Gasteiger partial charge on any atom is -0.311 e. The second-order valence-corrected chi connectivity index (χ2v) is 20.0. The van der Waals surface area contributed by atoms with E-state index in [0.29, 0.717) is 5.41 Å². The molecule has 2 aliphatic heterocycles. The van der Waals surface area contributed by atoms with Crippen LogP contribution >= 0.6 is 0 Å². The molecule has 0 saturated heterocycles. The number of fused-ring (bicyclic) bond motifs is 4. The topological polar surface area (TPSA) is 6.48 Å². The van der Waals surface area contributed by atoms with Crippen LogP contribution in [0.15, 0.2) is 97.1 Å². The van der Waals surface area contributed by atoms with Gasteiger partial charge in [-0.1, -0.05) is 90.1 Å². The van der Waals surface area contributed by atoms with Crippen molar-refractivity contribution in [1.82, 2.24) is 0 Å². The fourth-order valence-corrected chi connectivity index (χ4v) is 12.0. The van der Waals surface area contributed by atoms with Crippen LogP contribution in [-0.4, -0.2) is 6.71 Å². The van der Waals surface area contributed by atoms with E-state index >= 15 is 0 Å². The molecule has 268 valence electrons. The quantitative estimate of drug-likeness (QED) is 0.170. The first-order valence-corrected chi connectivity index (χ1v) is 20.5. The first-order chi connectivity index (χ1) is 25.3. The normalized spacial score (nSPS) is 23.9. The van der Waals surface area contributed by atoms with Crippen molar-refractivity contribution in [3.8, 4) is 0 Å². The molecule has 4 aliphatic carbocycles. The van der Waals surface area contributed by atoms with Crippen LogP contribution in [0.5, 0.6) is 0 Å². The Morgan fingerprint density at radius 2 is 1.04 bits per heavy atom. The fraction of sp³-hybridized carbons (Fsp3) is 0.400. The Hall–Kier alpha value is -4.24. The van der Waals surface area contributed by atoms with Crippen molar-refractivity contribution >= 4 is 57.2 Å². The highest BCUT2D eigenvalue weighted by Gasteiger charge is 2.52. The SMILES string of the molecule is Cc1cc(C)cc(N2c3ccc(C45CC6CC(CC(C6)C4)C5)cc3B3c4cc(C(C)(C)C)ccc4N(c4ccc(C(C)(C)C)cc4)c4cccc2c43)c1. The molecule has 0 atom stereocenters. The molecule has 4 fully saturated rings. The number of rotatable bonds is 3. The van der Waals surface area contributed by atoms with E-state index in [1.165, 1.54) is 111 Å². The van der Waals surface area contributed by atoms with Gasteiger partial charge in [0.1, 0.15) is 0 Å². The van der Waals surface area contributed by atoms with Gasteiger partial charge in [0.2, 0.25) is 0 Å². The van der Waals surface area contributed by atoms with Crippen LogP contribution in [0.2, 0.25) is 0 Å². The van der Waals surface area contributed by atoms with Gasteiger partial charge in [-0.05, 0) is 179 Å². The Labute approximate surface area is 318 Å². The van der Waals surface area contributed by atoms with Gasteiger partial charge in [-0.3, -0.25) is 0 Å². The Balaban J connectivity index is 1.25. The standard InChI is InChI=1S/C50H55BN2/c1-31-20-32(2)22-40(21-31)53-44-19-15-38(50-28-33-23-34(29-50)25-35(24-33)30-50)27-42(44)51-41-26-37(49(6,7)8)14-18-43(41)52(45-10-9-11-46(53)47(45)51)39-16-12-36(13-17-39)48(3,4)5/h9-22,26-27,33-35H,23-25,28-30H2,1-8H3. The molecule has 0 aromatic heterocycles. The third-order valence-electron chi connectivity index (χ3n) is 14.0. The first kappa shape index (κ1) is 33.3. The van der Waals surface area contributed by atoms with E-state index in [0.717, 1.165) is 17.8 Å².